The Morgan fingerprint density at radius 2 is 2.20 bits per heavy atom. The van der Waals surface area contributed by atoms with Crippen molar-refractivity contribution in [3.05, 3.63) is 35.3 Å². The van der Waals surface area contributed by atoms with Crippen molar-refractivity contribution in [3.63, 3.8) is 0 Å². The van der Waals surface area contributed by atoms with E-state index in [1.807, 2.05) is 11.4 Å². The molecule has 5 heteroatoms. The van der Waals surface area contributed by atoms with Crippen LogP contribution < -0.4 is 11.5 Å². The van der Waals surface area contributed by atoms with Crippen LogP contribution in [0.1, 0.15) is 5.56 Å². The number of nitrogens with two attached hydrogens (primary N) is 2. The van der Waals surface area contributed by atoms with Gasteiger partial charge >= 0.3 is 0 Å². The van der Waals surface area contributed by atoms with Gasteiger partial charge in [-0.2, -0.15) is 0 Å². The number of anilines is 1. The van der Waals surface area contributed by atoms with Gasteiger partial charge in [0, 0.05) is 28.4 Å². The highest BCUT2D eigenvalue weighted by molar-refractivity contribution is 7.13. The lowest BCUT2D eigenvalue weighted by Gasteiger charge is -2.05. The number of hydrogen-bond donors (Lipinski definition) is 3. The van der Waals surface area contributed by atoms with Crippen LogP contribution in [-0.4, -0.2) is 10.8 Å². The maximum absolute atomic E-state index is 7.38. The molecule has 0 radical (unpaired) electrons. The Morgan fingerprint density at radius 1 is 1.40 bits per heavy atom. The largest absolute Gasteiger partial charge is 0.398 e. The summed E-state index contributed by atoms with van der Waals surface area (Å²) in [6.07, 6.45) is 1.74. The van der Waals surface area contributed by atoms with Gasteiger partial charge in [0.2, 0.25) is 0 Å². The fraction of sp³-hybridized carbons (Fsp3) is 0. The van der Waals surface area contributed by atoms with Crippen LogP contribution in [0.15, 0.2) is 29.8 Å². The van der Waals surface area contributed by atoms with E-state index in [9.17, 15) is 0 Å². The zero-order chi connectivity index (χ0) is 10.8. The van der Waals surface area contributed by atoms with Crippen LogP contribution in [0.4, 0.5) is 5.69 Å². The highest BCUT2D eigenvalue weighted by Crippen LogP contribution is 2.25. The molecule has 0 saturated heterocycles. The molecule has 1 aromatic carbocycles. The summed E-state index contributed by atoms with van der Waals surface area (Å²) in [5.41, 5.74) is 13.1. The summed E-state index contributed by atoms with van der Waals surface area (Å²) in [6.45, 7) is 0. The summed E-state index contributed by atoms with van der Waals surface area (Å²) in [6, 6.07) is 5.41. The lowest BCUT2D eigenvalue weighted by atomic mass is 10.1. The summed E-state index contributed by atoms with van der Waals surface area (Å²) in [7, 11) is 0. The molecule has 0 aliphatic rings. The molecule has 0 amide bonds. The summed E-state index contributed by atoms with van der Waals surface area (Å²) < 4.78 is 0. The van der Waals surface area contributed by atoms with Crippen molar-refractivity contribution in [1.82, 2.24) is 4.98 Å². The van der Waals surface area contributed by atoms with Crippen molar-refractivity contribution >= 4 is 22.9 Å². The number of amidine groups is 1. The second kappa shape index (κ2) is 3.70. The van der Waals surface area contributed by atoms with Crippen molar-refractivity contribution in [2.75, 3.05) is 5.73 Å². The summed E-state index contributed by atoms with van der Waals surface area (Å²) in [4.78, 5) is 4.18. The molecule has 0 atom stereocenters. The molecule has 4 nitrogen and oxygen atoms in total. The maximum atomic E-state index is 7.38. The quantitative estimate of drug-likeness (QED) is 0.407. The van der Waals surface area contributed by atoms with Gasteiger partial charge in [-0.1, -0.05) is 0 Å². The number of hydrogen-bond acceptors (Lipinski definition) is 4. The number of nitrogen functional groups attached to an aromatic ring is 2. The molecule has 0 bridgehead atoms. The highest BCUT2D eigenvalue weighted by atomic mass is 32.1. The van der Waals surface area contributed by atoms with Crippen LogP contribution in [0.5, 0.6) is 0 Å². The maximum Gasteiger partial charge on any atom is 0.124 e. The van der Waals surface area contributed by atoms with Gasteiger partial charge in [-0.3, -0.25) is 5.41 Å². The molecule has 0 spiro atoms. The monoisotopic (exact) mass is 218 g/mol. The van der Waals surface area contributed by atoms with Gasteiger partial charge in [0.15, 0.2) is 0 Å². The first-order valence-electron chi connectivity index (χ1n) is 4.32. The molecule has 2 rings (SSSR count). The molecular formula is C10H10N4S. The van der Waals surface area contributed by atoms with Gasteiger partial charge in [0.05, 0.1) is 0 Å². The Morgan fingerprint density at radius 3 is 2.80 bits per heavy atom. The lowest BCUT2D eigenvalue weighted by molar-refractivity contribution is 1.40. The third-order valence-corrected chi connectivity index (χ3v) is 2.84. The molecule has 0 aliphatic carbocycles. The topological polar surface area (TPSA) is 88.8 Å². The van der Waals surface area contributed by atoms with E-state index < -0.39 is 0 Å². The predicted octanol–water partition coefficient (Wildman–Crippen LogP) is 1.68. The molecule has 5 N–H and O–H groups in total. The van der Waals surface area contributed by atoms with E-state index >= 15 is 0 Å². The van der Waals surface area contributed by atoms with E-state index in [1.54, 1.807) is 18.3 Å². The van der Waals surface area contributed by atoms with Crippen LogP contribution in [0.2, 0.25) is 0 Å². The summed E-state index contributed by atoms with van der Waals surface area (Å²) in [5, 5.41) is 10.2. The van der Waals surface area contributed by atoms with Gasteiger partial charge in [-0.05, 0) is 18.2 Å². The second-order valence-corrected chi connectivity index (χ2v) is 3.95. The zero-order valence-electron chi connectivity index (χ0n) is 7.90. The lowest BCUT2D eigenvalue weighted by Crippen LogP contribution is -2.13. The highest BCUT2D eigenvalue weighted by Gasteiger charge is 2.06. The minimum Gasteiger partial charge on any atom is -0.398 e. The Hall–Kier alpha value is -1.88. The van der Waals surface area contributed by atoms with E-state index in [1.165, 1.54) is 11.3 Å². The molecule has 76 valence electrons. The number of nitrogens with one attached hydrogen (secondary N) is 1. The number of nitrogens with zero attached hydrogens (tertiary/aromatic N) is 1. The van der Waals surface area contributed by atoms with Crippen molar-refractivity contribution in [3.8, 4) is 10.6 Å². The smallest absolute Gasteiger partial charge is 0.124 e. The predicted molar refractivity (Wildman–Crippen MR) is 63.0 cm³/mol. The average molecular weight is 218 g/mol. The van der Waals surface area contributed by atoms with Gasteiger partial charge in [0.25, 0.3) is 0 Å². The van der Waals surface area contributed by atoms with Crippen molar-refractivity contribution in [2.45, 2.75) is 0 Å². The minimum atomic E-state index is -0.0223. The first kappa shape index (κ1) is 9.67. The van der Waals surface area contributed by atoms with Crippen LogP contribution >= 0.6 is 11.3 Å². The molecule has 15 heavy (non-hydrogen) atoms. The van der Waals surface area contributed by atoms with Gasteiger partial charge < -0.3 is 11.5 Å². The fourth-order valence-electron chi connectivity index (χ4n) is 1.29. The second-order valence-electron chi connectivity index (χ2n) is 3.05. The van der Waals surface area contributed by atoms with E-state index in [0.717, 1.165) is 10.6 Å². The number of thiazole rings is 1. The minimum absolute atomic E-state index is 0.0223. The van der Waals surface area contributed by atoms with E-state index in [-0.39, 0.29) is 5.84 Å². The Balaban J connectivity index is 2.52. The van der Waals surface area contributed by atoms with Crippen molar-refractivity contribution < 1.29 is 0 Å². The van der Waals surface area contributed by atoms with Gasteiger partial charge in [-0.15, -0.1) is 11.3 Å². The Labute approximate surface area is 91.1 Å². The Kier molecular flexibility index (Phi) is 2.39. The molecule has 0 fully saturated rings. The molecule has 0 aliphatic heterocycles. The van der Waals surface area contributed by atoms with Crippen LogP contribution in [0.3, 0.4) is 0 Å². The normalized spacial score (nSPS) is 10.1. The third-order valence-electron chi connectivity index (χ3n) is 2.02. The molecule has 0 saturated carbocycles. The number of aromatic nitrogens is 1. The molecule has 2 aromatic rings. The van der Waals surface area contributed by atoms with E-state index in [2.05, 4.69) is 4.98 Å². The first-order chi connectivity index (χ1) is 7.18. The molecular weight excluding hydrogens is 208 g/mol. The fourth-order valence-corrected chi connectivity index (χ4v) is 1.92. The van der Waals surface area contributed by atoms with E-state index in [0.29, 0.717) is 11.3 Å². The van der Waals surface area contributed by atoms with E-state index in [4.69, 9.17) is 16.9 Å². The average Bonchev–Trinajstić information content (AvgIpc) is 2.71. The standard InChI is InChI=1S/C10H10N4S/c11-8-2-1-6(5-7(8)9(12)13)10-14-3-4-15-10/h1-5H,11H2,(H3,12,13). The van der Waals surface area contributed by atoms with Crippen LogP contribution in [0.25, 0.3) is 10.6 Å². The number of rotatable bonds is 2. The molecule has 1 aromatic heterocycles. The van der Waals surface area contributed by atoms with Crippen molar-refractivity contribution in [2.24, 2.45) is 5.73 Å². The van der Waals surface area contributed by atoms with Gasteiger partial charge in [0.1, 0.15) is 10.8 Å². The Bertz CT molecular complexity index is 490. The molecule has 1 heterocycles. The zero-order valence-corrected chi connectivity index (χ0v) is 8.71. The molecule has 0 unspecified atom stereocenters. The van der Waals surface area contributed by atoms with Crippen LogP contribution in [0, 0.1) is 5.41 Å². The van der Waals surface area contributed by atoms with Crippen LogP contribution in [-0.2, 0) is 0 Å². The number of benzene rings is 1. The van der Waals surface area contributed by atoms with Crippen molar-refractivity contribution in [1.29, 1.82) is 5.41 Å². The third kappa shape index (κ3) is 1.82. The van der Waals surface area contributed by atoms with Gasteiger partial charge in [-0.25, -0.2) is 4.98 Å². The summed E-state index contributed by atoms with van der Waals surface area (Å²) >= 11 is 1.54. The SMILES string of the molecule is N=C(N)c1cc(-c2nccs2)ccc1N. The first-order valence-corrected chi connectivity index (χ1v) is 5.20. The summed E-state index contributed by atoms with van der Waals surface area (Å²) in [5.74, 6) is -0.0223.